The minimum atomic E-state index is 0.0570. The number of benzene rings is 1. The van der Waals surface area contributed by atoms with Crippen molar-refractivity contribution in [2.45, 2.75) is 31.7 Å². The Balaban J connectivity index is 2.00. The van der Waals surface area contributed by atoms with Gasteiger partial charge in [-0.2, -0.15) is 0 Å². The molecule has 1 aromatic carbocycles. The Morgan fingerprint density at radius 2 is 1.75 bits per heavy atom. The van der Waals surface area contributed by atoms with Crippen molar-refractivity contribution in [2.75, 3.05) is 7.11 Å². The van der Waals surface area contributed by atoms with Crippen LogP contribution in [0.15, 0.2) is 24.3 Å². The van der Waals surface area contributed by atoms with Crippen LogP contribution in [0.3, 0.4) is 0 Å². The molecule has 2 rings (SSSR count). The van der Waals surface area contributed by atoms with Crippen molar-refractivity contribution >= 4 is 11.6 Å². The van der Waals surface area contributed by atoms with Gasteiger partial charge in [0.05, 0.1) is 7.11 Å². The molecule has 88 valence electrons. The standard InChI is InChI=1S/C13H17ClO2/c1-13(2)11(14)8-12(13)16-10-6-4-9(15-3)5-7-10/h4-7,11-12H,8H2,1-3H3. The fourth-order valence-corrected chi connectivity index (χ4v) is 2.16. The lowest BCUT2D eigenvalue weighted by Gasteiger charge is -2.48. The van der Waals surface area contributed by atoms with Gasteiger partial charge >= 0.3 is 0 Å². The van der Waals surface area contributed by atoms with Crippen LogP contribution in [-0.2, 0) is 0 Å². The Morgan fingerprint density at radius 1 is 1.19 bits per heavy atom. The summed E-state index contributed by atoms with van der Waals surface area (Å²) in [6.07, 6.45) is 1.13. The van der Waals surface area contributed by atoms with E-state index in [2.05, 4.69) is 13.8 Å². The van der Waals surface area contributed by atoms with Gasteiger partial charge in [-0.15, -0.1) is 11.6 Å². The topological polar surface area (TPSA) is 18.5 Å². The monoisotopic (exact) mass is 240 g/mol. The Hall–Kier alpha value is -0.890. The molecule has 1 aliphatic carbocycles. The van der Waals surface area contributed by atoms with Crippen molar-refractivity contribution in [1.82, 2.24) is 0 Å². The SMILES string of the molecule is COc1ccc(OC2CC(Cl)C2(C)C)cc1. The first-order valence-electron chi connectivity index (χ1n) is 5.49. The van der Waals surface area contributed by atoms with E-state index in [1.165, 1.54) is 0 Å². The smallest absolute Gasteiger partial charge is 0.120 e. The highest BCUT2D eigenvalue weighted by atomic mass is 35.5. The number of methoxy groups -OCH3 is 1. The summed E-state index contributed by atoms with van der Waals surface area (Å²) in [4.78, 5) is 0. The van der Waals surface area contributed by atoms with Crippen molar-refractivity contribution in [3.8, 4) is 11.5 Å². The molecule has 1 aliphatic rings. The molecule has 1 aromatic rings. The van der Waals surface area contributed by atoms with E-state index in [1.54, 1.807) is 7.11 Å². The highest BCUT2D eigenvalue weighted by molar-refractivity contribution is 6.21. The molecule has 0 aliphatic heterocycles. The minimum absolute atomic E-state index is 0.0570. The summed E-state index contributed by atoms with van der Waals surface area (Å²) in [5, 5.41) is 0.218. The van der Waals surface area contributed by atoms with E-state index in [0.717, 1.165) is 17.9 Å². The highest BCUT2D eigenvalue weighted by Gasteiger charge is 2.49. The lowest BCUT2D eigenvalue weighted by atomic mass is 9.68. The van der Waals surface area contributed by atoms with Crippen LogP contribution in [0.1, 0.15) is 20.3 Å². The van der Waals surface area contributed by atoms with Crippen molar-refractivity contribution < 1.29 is 9.47 Å². The van der Waals surface area contributed by atoms with Crippen LogP contribution in [0, 0.1) is 5.41 Å². The number of alkyl halides is 1. The predicted molar refractivity (Wildman–Crippen MR) is 65.4 cm³/mol. The van der Waals surface area contributed by atoms with Gasteiger partial charge in [-0.3, -0.25) is 0 Å². The van der Waals surface area contributed by atoms with Crippen molar-refractivity contribution in [3.05, 3.63) is 24.3 Å². The Bertz CT molecular complexity index is 359. The summed E-state index contributed by atoms with van der Waals surface area (Å²) in [7, 11) is 1.66. The second-order valence-corrected chi connectivity index (χ2v) is 5.33. The third kappa shape index (κ3) is 1.99. The molecule has 1 saturated carbocycles. The molecule has 0 heterocycles. The molecular formula is C13H17ClO2. The average molecular weight is 241 g/mol. The molecule has 3 heteroatoms. The third-order valence-corrected chi connectivity index (χ3v) is 4.14. The maximum Gasteiger partial charge on any atom is 0.120 e. The van der Waals surface area contributed by atoms with Gasteiger partial charge in [0, 0.05) is 17.2 Å². The van der Waals surface area contributed by atoms with Gasteiger partial charge in [-0.05, 0) is 24.3 Å². The molecule has 0 bridgehead atoms. The summed E-state index contributed by atoms with van der Waals surface area (Å²) in [5.74, 6) is 1.72. The second-order valence-electron chi connectivity index (χ2n) is 4.81. The van der Waals surface area contributed by atoms with Crippen LogP contribution in [-0.4, -0.2) is 18.6 Å². The van der Waals surface area contributed by atoms with Gasteiger partial charge < -0.3 is 9.47 Å². The normalized spacial score (nSPS) is 27.0. The summed E-state index contributed by atoms with van der Waals surface area (Å²) < 4.78 is 11.0. The largest absolute Gasteiger partial charge is 0.497 e. The number of ether oxygens (including phenoxy) is 2. The van der Waals surface area contributed by atoms with Gasteiger partial charge in [0.2, 0.25) is 0 Å². The lowest BCUT2D eigenvalue weighted by Crippen LogP contribution is -2.53. The molecule has 2 atom stereocenters. The highest BCUT2D eigenvalue weighted by Crippen LogP contribution is 2.46. The molecule has 1 fully saturated rings. The number of hydrogen-bond donors (Lipinski definition) is 0. The second kappa shape index (κ2) is 4.17. The van der Waals surface area contributed by atoms with Crippen molar-refractivity contribution in [2.24, 2.45) is 5.41 Å². The molecule has 0 saturated heterocycles. The molecule has 16 heavy (non-hydrogen) atoms. The summed E-state index contributed by atoms with van der Waals surface area (Å²) >= 11 is 6.15. The van der Waals surface area contributed by atoms with Crippen molar-refractivity contribution in [3.63, 3.8) is 0 Å². The van der Waals surface area contributed by atoms with Gasteiger partial charge in [-0.1, -0.05) is 13.8 Å². The average Bonchev–Trinajstić information content (AvgIpc) is 2.29. The van der Waals surface area contributed by atoms with Crippen molar-refractivity contribution in [1.29, 1.82) is 0 Å². The quantitative estimate of drug-likeness (QED) is 0.754. The Labute approximate surface area is 102 Å². The molecule has 2 nitrogen and oxygen atoms in total. The first kappa shape index (κ1) is 11.6. The van der Waals surface area contributed by atoms with E-state index in [4.69, 9.17) is 21.1 Å². The minimum Gasteiger partial charge on any atom is -0.497 e. The number of rotatable bonds is 3. The van der Waals surface area contributed by atoms with E-state index in [1.807, 2.05) is 24.3 Å². The summed E-state index contributed by atoms with van der Waals surface area (Å²) in [6.45, 7) is 4.28. The van der Waals surface area contributed by atoms with E-state index >= 15 is 0 Å². The van der Waals surface area contributed by atoms with E-state index in [0.29, 0.717) is 0 Å². The third-order valence-electron chi connectivity index (χ3n) is 3.40. The fraction of sp³-hybridized carbons (Fsp3) is 0.538. The molecule has 0 spiro atoms. The van der Waals surface area contributed by atoms with Gasteiger partial charge in [-0.25, -0.2) is 0 Å². The first-order chi connectivity index (χ1) is 7.54. The maximum absolute atomic E-state index is 6.15. The maximum atomic E-state index is 6.15. The van der Waals surface area contributed by atoms with Gasteiger partial charge in [0.1, 0.15) is 17.6 Å². The van der Waals surface area contributed by atoms with Crippen LogP contribution in [0.4, 0.5) is 0 Å². The first-order valence-corrected chi connectivity index (χ1v) is 5.92. The number of halogens is 1. The Morgan fingerprint density at radius 3 is 2.19 bits per heavy atom. The van der Waals surface area contributed by atoms with Crippen LogP contribution in [0.2, 0.25) is 0 Å². The van der Waals surface area contributed by atoms with E-state index < -0.39 is 0 Å². The fourth-order valence-electron chi connectivity index (χ4n) is 1.86. The zero-order valence-corrected chi connectivity index (χ0v) is 10.6. The van der Waals surface area contributed by atoms with Crippen LogP contribution >= 0.6 is 11.6 Å². The van der Waals surface area contributed by atoms with Gasteiger partial charge in [0.25, 0.3) is 0 Å². The van der Waals surface area contributed by atoms with E-state index in [-0.39, 0.29) is 16.9 Å². The molecule has 0 N–H and O–H groups in total. The molecule has 2 unspecified atom stereocenters. The zero-order valence-electron chi connectivity index (χ0n) is 9.87. The van der Waals surface area contributed by atoms with Crippen LogP contribution < -0.4 is 9.47 Å². The molecule has 0 radical (unpaired) electrons. The molecular weight excluding hydrogens is 224 g/mol. The summed E-state index contributed by atoms with van der Waals surface area (Å²) in [5.41, 5.74) is 0.0570. The molecule has 0 amide bonds. The van der Waals surface area contributed by atoms with Crippen LogP contribution in [0.25, 0.3) is 0 Å². The van der Waals surface area contributed by atoms with Gasteiger partial charge in [0.15, 0.2) is 0 Å². The number of hydrogen-bond acceptors (Lipinski definition) is 2. The lowest BCUT2D eigenvalue weighted by molar-refractivity contribution is -0.0130. The Kier molecular flexibility index (Phi) is 3.02. The summed E-state index contributed by atoms with van der Waals surface area (Å²) in [6, 6.07) is 7.66. The van der Waals surface area contributed by atoms with Crippen LogP contribution in [0.5, 0.6) is 11.5 Å². The zero-order chi connectivity index (χ0) is 11.8. The molecule has 0 aromatic heterocycles. The van der Waals surface area contributed by atoms with E-state index in [9.17, 15) is 0 Å². The predicted octanol–water partition coefficient (Wildman–Crippen LogP) is 3.48.